The van der Waals surface area contributed by atoms with Gasteiger partial charge in [0.05, 0.1) is 6.21 Å². The van der Waals surface area contributed by atoms with Crippen LogP contribution in [0.1, 0.15) is 24.1 Å². The Labute approximate surface area is 110 Å². The van der Waals surface area contributed by atoms with Gasteiger partial charge < -0.3 is 4.74 Å². The van der Waals surface area contributed by atoms with Crippen molar-refractivity contribution in [1.82, 2.24) is 5.01 Å². The first-order valence-electron chi connectivity index (χ1n) is 5.98. The van der Waals surface area contributed by atoms with Gasteiger partial charge in [-0.3, -0.25) is 4.79 Å². The third kappa shape index (κ3) is 1.93. The van der Waals surface area contributed by atoms with E-state index in [1.807, 2.05) is 24.3 Å². The molecule has 0 bridgehead atoms. The van der Waals surface area contributed by atoms with Gasteiger partial charge in [0.1, 0.15) is 12.1 Å². The normalized spacial score (nSPS) is 24.3. The molecule has 5 heteroatoms. The van der Waals surface area contributed by atoms with Gasteiger partial charge in [-0.2, -0.15) is 5.10 Å². The molecule has 96 valence electrons. The van der Waals surface area contributed by atoms with E-state index in [-0.39, 0.29) is 11.9 Å². The molecule has 1 amide bonds. The second kappa shape index (κ2) is 4.35. The van der Waals surface area contributed by atoms with E-state index in [1.165, 1.54) is 18.0 Å². The van der Waals surface area contributed by atoms with Crippen molar-refractivity contribution in [2.75, 3.05) is 0 Å². The van der Waals surface area contributed by atoms with E-state index in [2.05, 4.69) is 5.10 Å². The summed E-state index contributed by atoms with van der Waals surface area (Å²) in [6.07, 6.45) is 4.20. The molecular weight excluding hydrogens is 244 g/mol. The van der Waals surface area contributed by atoms with Crippen molar-refractivity contribution in [3.05, 3.63) is 47.5 Å². The van der Waals surface area contributed by atoms with Gasteiger partial charge in [-0.15, -0.1) is 0 Å². The van der Waals surface area contributed by atoms with Gasteiger partial charge in [0, 0.05) is 18.6 Å². The van der Waals surface area contributed by atoms with Crippen molar-refractivity contribution in [1.29, 1.82) is 0 Å². The molecule has 2 aliphatic rings. The summed E-state index contributed by atoms with van der Waals surface area (Å²) < 4.78 is 5.22. The SMILES string of the molecule is CC(=O)N1N=Cc2ccccc2[C@H]1[C@@H]1C=CC(=O)O1. The van der Waals surface area contributed by atoms with E-state index >= 15 is 0 Å². The molecule has 3 rings (SSSR count). The number of carbonyl (C=O) groups is 2. The van der Waals surface area contributed by atoms with Gasteiger partial charge in [-0.05, 0) is 11.6 Å². The molecule has 0 spiro atoms. The molecule has 0 fully saturated rings. The standard InChI is InChI=1S/C14H12N2O3/c1-9(17)16-14(12-6-7-13(18)19-12)11-5-3-2-4-10(11)8-15-16/h2-8,12,14H,1H3/t12-,14-/m0/s1. The maximum absolute atomic E-state index is 11.7. The van der Waals surface area contributed by atoms with Crippen molar-refractivity contribution in [3.8, 4) is 0 Å². The van der Waals surface area contributed by atoms with Crippen molar-refractivity contribution >= 4 is 18.1 Å². The first-order valence-corrected chi connectivity index (χ1v) is 5.98. The van der Waals surface area contributed by atoms with Crippen LogP contribution in [-0.4, -0.2) is 29.2 Å². The van der Waals surface area contributed by atoms with E-state index in [0.717, 1.165) is 11.1 Å². The average molecular weight is 256 g/mol. The van der Waals surface area contributed by atoms with Gasteiger partial charge >= 0.3 is 5.97 Å². The Morgan fingerprint density at radius 1 is 1.37 bits per heavy atom. The number of carbonyl (C=O) groups excluding carboxylic acids is 2. The molecule has 1 aromatic carbocycles. The van der Waals surface area contributed by atoms with Gasteiger partial charge in [-0.1, -0.05) is 24.3 Å². The zero-order chi connectivity index (χ0) is 13.4. The molecule has 0 aliphatic carbocycles. The number of rotatable bonds is 1. The van der Waals surface area contributed by atoms with Crippen LogP contribution in [0.3, 0.4) is 0 Å². The minimum absolute atomic E-state index is 0.188. The smallest absolute Gasteiger partial charge is 0.331 e. The third-order valence-corrected chi connectivity index (χ3v) is 3.21. The third-order valence-electron chi connectivity index (χ3n) is 3.21. The Kier molecular flexibility index (Phi) is 2.67. The van der Waals surface area contributed by atoms with Crippen LogP contribution in [0.25, 0.3) is 0 Å². The number of hydrazone groups is 1. The molecule has 2 aliphatic heterocycles. The monoisotopic (exact) mass is 256 g/mol. The number of amides is 1. The van der Waals surface area contributed by atoms with Crippen molar-refractivity contribution in [3.63, 3.8) is 0 Å². The fraction of sp³-hybridized carbons (Fsp3) is 0.214. The predicted molar refractivity (Wildman–Crippen MR) is 68.3 cm³/mol. The summed E-state index contributed by atoms with van der Waals surface area (Å²) in [5.41, 5.74) is 1.86. The lowest BCUT2D eigenvalue weighted by Gasteiger charge is -2.33. The number of esters is 1. The lowest BCUT2D eigenvalue weighted by Crippen LogP contribution is -2.38. The number of hydrogen-bond acceptors (Lipinski definition) is 4. The van der Waals surface area contributed by atoms with E-state index in [4.69, 9.17) is 4.74 Å². The van der Waals surface area contributed by atoms with E-state index < -0.39 is 12.1 Å². The number of hydrogen-bond donors (Lipinski definition) is 0. The summed E-state index contributed by atoms with van der Waals surface area (Å²) in [7, 11) is 0. The van der Waals surface area contributed by atoms with Gasteiger partial charge in [0.2, 0.25) is 5.91 Å². The molecular formula is C14H12N2O3. The topological polar surface area (TPSA) is 59.0 Å². The Hall–Kier alpha value is -2.43. The van der Waals surface area contributed by atoms with Crippen LogP contribution in [-0.2, 0) is 14.3 Å². The molecule has 2 heterocycles. The fourth-order valence-electron chi connectivity index (χ4n) is 2.37. The van der Waals surface area contributed by atoms with Crippen LogP contribution in [0.2, 0.25) is 0 Å². The van der Waals surface area contributed by atoms with Crippen molar-refractivity contribution in [2.24, 2.45) is 5.10 Å². The van der Waals surface area contributed by atoms with Gasteiger partial charge in [0.25, 0.3) is 0 Å². The molecule has 0 radical (unpaired) electrons. The summed E-state index contributed by atoms with van der Waals surface area (Å²) in [4.78, 5) is 22.9. The minimum atomic E-state index is -0.491. The summed E-state index contributed by atoms with van der Waals surface area (Å²) >= 11 is 0. The zero-order valence-electron chi connectivity index (χ0n) is 10.3. The average Bonchev–Trinajstić information content (AvgIpc) is 2.83. The lowest BCUT2D eigenvalue weighted by molar-refractivity contribution is -0.145. The molecule has 2 atom stereocenters. The maximum atomic E-state index is 11.7. The first kappa shape index (κ1) is 11.6. The van der Waals surface area contributed by atoms with Crippen LogP contribution < -0.4 is 0 Å². The largest absolute Gasteiger partial charge is 0.452 e. The van der Waals surface area contributed by atoms with Crippen LogP contribution in [0, 0.1) is 0 Å². The van der Waals surface area contributed by atoms with Crippen LogP contribution in [0.5, 0.6) is 0 Å². The van der Waals surface area contributed by atoms with Crippen molar-refractivity contribution < 1.29 is 14.3 Å². The summed E-state index contributed by atoms with van der Waals surface area (Å²) in [5, 5.41) is 5.51. The second-order valence-corrected chi connectivity index (χ2v) is 4.44. The first-order chi connectivity index (χ1) is 9.16. The number of benzene rings is 1. The minimum Gasteiger partial charge on any atom is -0.452 e. The highest BCUT2D eigenvalue weighted by molar-refractivity contribution is 5.87. The predicted octanol–water partition coefficient (Wildman–Crippen LogP) is 1.41. The molecule has 1 aromatic rings. The molecule has 19 heavy (non-hydrogen) atoms. The molecule has 0 aromatic heterocycles. The summed E-state index contributed by atoms with van der Waals surface area (Å²) in [5.74, 6) is -0.576. The maximum Gasteiger partial charge on any atom is 0.331 e. The molecule has 0 saturated carbocycles. The number of cyclic esters (lactones) is 1. The number of ether oxygens (including phenoxy) is 1. The quantitative estimate of drug-likeness (QED) is 0.714. The Morgan fingerprint density at radius 2 is 2.16 bits per heavy atom. The number of nitrogens with zero attached hydrogens (tertiary/aromatic N) is 2. The Bertz CT molecular complexity index is 606. The highest BCUT2D eigenvalue weighted by Gasteiger charge is 2.37. The summed E-state index contributed by atoms with van der Waals surface area (Å²) in [6.45, 7) is 1.44. The molecule has 0 N–H and O–H groups in total. The van der Waals surface area contributed by atoms with E-state index in [0.29, 0.717) is 0 Å². The fourth-order valence-corrected chi connectivity index (χ4v) is 2.37. The molecule has 0 saturated heterocycles. The van der Waals surface area contributed by atoms with Crippen LogP contribution in [0.4, 0.5) is 0 Å². The Balaban J connectivity index is 2.06. The molecule has 0 unspecified atom stereocenters. The van der Waals surface area contributed by atoms with Gasteiger partial charge in [0.15, 0.2) is 0 Å². The highest BCUT2D eigenvalue weighted by atomic mass is 16.5. The number of fused-ring (bicyclic) bond motifs is 1. The van der Waals surface area contributed by atoms with Crippen LogP contribution >= 0.6 is 0 Å². The Morgan fingerprint density at radius 3 is 2.84 bits per heavy atom. The summed E-state index contributed by atoms with van der Waals surface area (Å²) in [6, 6.07) is 7.23. The van der Waals surface area contributed by atoms with Crippen molar-refractivity contribution in [2.45, 2.75) is 19.1 Å². The zero-order valence-corrected chi connectivity index (χ0v) is 10.3. The van der Waals surface area contributed by atoms with E-state index in [1.54, 1.807) is 12.3 Å². The van der Waals surface area contributed by atoms with Gasteiger partial charge in [-0.25, -0.2) is 9.80 Å². The molecule has 5 nitrogen and oxygen atoms in total. The van der Waals surface area contributed by atoms with Crippen LogP contribution in [0.15, 0.2) is 41.5 Å². The second-order valence-electron chi connectivity index (χ2n) is 4.44. The van der Waals surface area contributed by atoms with E-state index in [9.17, 15) is 9.59 Å². The highest BCUT2D eigenvalue weighted by Crippen LogP contribution is 2.34. The lowest BCUT2D eigenvalue weighted by atomic mass is 9.95.